The van der Waals surface area contributed by atoms with Gasteiger partial charge >= 0.3 is 12.0 Å². The van der Waals surface area contributed by atoms with Gasteiger partial charge in [0, 0.05) is 6.04 Å². The fraction of sp³-hybridized carbons (Fsp3) is 0.455. The van der Waals surface area contributed by atoms with Gasteiger partial charge in [-0.1, -0.05) is 13.3 Å². The number of aromatic carboxylic acids is 1. The zero-order valence-corrected chi connectivity index (χ0v) is 10.6. The highest BCUT2D eigenvalue weighted by Crippen LogP contribution is 2.22. The van der Waals surface area contributed by atoms with Crippen LogP contribution in [0, 0.1) is 0 Å². The number of carbonyl (C=O) groups excluding carboxylic acids is 1. The van der Waals surface area contributed by atoms with Crippen molar-refractivity contribution in [2.45, 2.75) is 32.7 Å². The zero-order chi connectivity index (χ0) is 12.8. The van der Waals surface area contributed by atoms with Crippen molar-refractivity contribution in [2.75, 3.05) is 5.32 Å². The van der Waals surface area contributed by atoms with Gasteiger partial charge in [-0.25, -0.2) is 9.59 Å². The average Bonchev–Trinajstić information content (AvgIpc) is 2.65. The average molecular weight is 256 g/mol. The molecule has 1 heterocycles. The van der Waals surface area contributed by atoms with E-state index >= 15 is 0 Å². The first-order chi connectivity index (χ1) is 8.04. The first-order valence-corrected chi connectivity index (χ1v) is 6.30. The molecule has 0 aromatic carbocycles. The lowest BCUT2D eigenvalue weighted by atomic mass is 10.2. The molecule has 1 atom stereocenters. The largest absolute Gasteiger partial charge is 0.478 e. The molecule has 0 spiro atoms. The molecule has 0 aliphatic rings. The number of carboxylic acids is 1. The maximum atomic E-state index is 11.6. The van der Waals surface area contributed by atoms with Crippen molar-refractivity contribution in [1.29, 1.82) is 0 Å². The van der Waals surface area contributed by atoms with E-state index in [-0.39, 0.29) is 17.6 Å². The topological polar surface area (TPSA) is 78.4 Å². The smallest absolute Gasteiger partial charge is 0.338 e. The normalized spacial score (nSPS) is 11.9. The van der Waals surface area contributed by atoms with Crippen LogP contribution in [0.5, 0.6) is 0 Å². The molecule has 1 rings (SSSR count). The molecule has 0 radical (unpaired) electrons. The van der Waals surface area contributed by atoms with Gasteiger partial charge in [0.2, 0.25) is 0 Å². The molecule has 0 saturated carbocycles. The summed E-state index contributed by atoms with van der Waals surface area (Å²) in [6, 6.07) is 1.18. The van der Waals surface area contributed by atoms with Crippen molar-refractivity contribution in [3.63, 3.8) is 0 Å². The summed E-state index contributed by atoms with van der Waals surface area (Å²) in [6.45, 7) is 3.95. The van der Waals surface area contributed by atoms with Gasteiger partial charge in [-0.3, -0.25) is 5.32 Å². The van der Waals surface area contributed by atoms with E-state index in [0.717, 1.165) is 12.8 Å². The van der Waals surface area contributed by atoms with Crippen molar-refractivity contribution < 1.29 is 14.7 Å². The van der Waals surface area contributed by atoms with E-state index in [4.69, 9.17) is 5.11 Å². The third-order valence-corrected chi connectivity index (χ3v) is 3.05. The van der Waals surface area contributed by atoms with E-state index < -0.39 is 5.97 Å². The van der Waals surface area contributed by atoms with Crippen LogP contribution in [0.1, 0.15) is 37.0 Å². The number of carbonyl (C=O) groups is 2. The van der Waals surface area contributed by atoms with Crippen LogP contribution in [0.3, 0.4) is 0 Å². The van der Waals surface area contributed by atoms with Crippen molar-refractivity contribution in [3.8, 4) is 0 Å². The summed E-state index contributed by atoms with van der Waals surface area (Å²) in [6.07, 6.45) is 1.88. The Morgan fingerprint density at radius 3 is 2.82 bits per heavy atom. The van der Waals surface area contributed by atoms with E-state index in [1.54, 1.807) is 5.38 Å². The summed E-state index contributed by atoms with van der Waals surface area (Å²) in [4.78, 5) is 22.4. The van der Waals surface area contributed by atoms with Gasteiger partial charge < -0.3 is 10.4 Å². The van der Waals surface area contributed by atoms with Gasteiger partial charge in [0.05, 0.1) is 5.56 Å². The second-order valence-corrected chi connectivity index (χ2v) is 4.67. The Bertz CT molecular complexity index is 403. The van der Waals surface area contributed by atoms with Crippen molar-refractivity contribution in [3.05, 3.63) is 17.0 Å². The molecular weight excluding hydrogens is 240 g/mol. The standard InChI is InChI=1S/C11H16N2O3S/c1-3-4-7(2)12-11(16)13-9-8(10(14)15)5-6-17-9/h5-7H,3-4H2,1-2H3,(H,14,15)(H2,12,13,16). The molecule has 5 nitrogen and oxygen atoms in total. The SMILES string of the molecule is CCCC(C)NC(=O)Nc1sccc1C(=O)O. The van der Waals surface area contributed by atoms with Gasteiger partial charge in [-0.2, -0.15) is 0 Å². The molecule has 0 aliphatic carbocycles. The Kier molecular flexibility index (Phi) is 4.96. The second-order valence-electron chi connectivity index (χ2n) is 3.76. The lowest BCUT2D eigenvalue weighted by molar-refractivity contribution is 0.0698. The number of rotatable bonds is 5. The Hall–Kier alpha value is -1.56. The number of nitrogens with one attached hydrogen (secondary N) is 2. The lowest BCUT2D eigenvalue weighted by Crippen LogP contribution is -2.36. The molecule has 0 saturated heterocycles. The maximum Gasteiger partial charge on any atom is 0.338 e. The Morgan fingerprint density at radius 2 is 2.24 bits per heavy atom. The molecule has 0 fully saturated rings. The van der Waals surface area contributed by atoms with E-state index in [0.29, 0.717) is 5.00 Å². The first kappa shape index (κ1) is 13.5. The monoisotopic (exact) mass is 256 g/mol. The molecule has 1 aromatic rings. The van der Waals surface area contributed by atoms with E-state index in [2.05, 4.69) is 10.6 Å². The minimum atomic E-state index is -1.04. The Labute approximate surface area is 104 Å². The van der Waals surface area contributed by atoms with Crippen molar-refractivity contribution in [1.82, 2.24) is 5.32 Å². The summed E-state index contributed by atoms with van der Waals surface area (Å²) < 4.78 is 0. The van der Waals surface area contributed by atoms with Crippen molar-refractivity contribution >= 4 is 28.3 Å². The van der Waals surface area contributed by atoms with Crippen LogP contribution in [0.2, 0.25) is 0 Å². The van der Waals surface area contributed by atoms with Gasteiger partial charge in [0.25, 0.3) is 0 Å². The minimum Gasteiger partial charge on any atom is -0.478 e. The molecule has 3 N–H and O–H groups in total. The van der Waals surface area contributed by atoms with E-state index in [1.165, 1.54) is 17.4 Å². The third kappa shape index (κ3) is 4.07. The van der Waals surface area contributed by atoms with Crippen LogP contribution in [-0.4, -0.2) is 23.1 Å². The summed E-state index contributed by atoms with van der Waals surface area (Å²) in [5.74, 6) is -1.04. The number of thiophene rings is 1. The number of carboxylic acid groups (broad SMARTS) is 1. The van der Waals surface area contributed by atoms with E-state index in [9.17, 15) is 9.59 Å². The van der Waals surface area contributed by atoms with Crippen LogP contribution < -0.4 is 10.6 Å². The third-order valence-electron chi connectivity index (χ3n) is 2.22. The maximum absolute atomic E-state index is 11.6. The summed E-state index contributed by atoms with van der Waals surface area (Å²) in [5, 5.41) is 16.2. The molecule has 6 heteroatoms. The molecule has 1 unspecified atom stereocenters. The molecule has 0 bridgehead atoms. The van der Waals surface area contributed by atoms with Crippen molar-refractivity contribution in [2.24, 2.45) is 0 Å². The summed E-state index contributed by atoms with van der Waals surface area (Å²) in [7, 11) is 0. The lowest BCUT2D eigenvalue weighted by Gasteiger charge is -2.13. The van der Waals surface area contributed by atoms with E-state index in [1.807, 2.05) is 13.8 Å². The number of hydrogen-bond acceptors (Lipinski definition) is 3. The predicted octanol–water partition coefficient (Wildman–Crippen LogP) is 2.76. The van der Waals surface area contributed by atoms with Gasteiger partial charge in [-0.05, 0) is 24.8 Å². The number of urea groups is 1. The molecule has 17 heavy (non-hydrogen) atoms. The summed E-state index contributed by atoms with van der Waals surface area (Å²) in [5.41, 5.74) is 0.119. The first-order valence-electron chi connectivity index (χ1n) is 5.43. The number of hydrogen-bond donors (Lipinski definition) is 3. The van der Waals surface area contributed by atoms with Gasteiger partial charge in [-0.15, -0.1) is 11.3 Å². The predicted molar refractivity (Wildman–Crippen MR) is 67.8 cm³/mol. The number of amides is 2. The highest BCUT2D eigenvalue weighted by molar-refractivity contribution is 7.14. The molecule has 1 aromatic heterocycles. The highest BCUT2D eigenvalue weighted by atomic mass is 32.1. The number of anilines is 1. The van der Waals surface area contributed by atoms with Crippen LogP contribution in [0.4, 0.5) is 9.80 Å². The van der Waals surface area contributed by atoms with Crippen LogP contribution in [-0.2, 0) is 0 Å². The second kappa shape index (κ2) is 6.24. The van der Waals surface area contributed by atoms with Gasteiger partial charge in [0.1, 0.15) is 5.00 Å². The van der Waals surface area contributed by atoms with Crippen LogP contribution in [0.15, 0.2) is 11.4 Å². The fourth-order valence-corrected chi connectivity index (χ4v) is 2.22. The van der Waals surface area contributed by atoms with Crippen LogP contribution in [0.25, 0.3) is 0 Å². The highest BCUT2D eigenvalue weighted by Gasteiger charge is 2.14. The quantitative estimate of drug-likeness (QED) is 0.758. The summed E-state index contributed by atoms with van der Waals surface area (Å²) >= 11 is 1.19. The zero-order valence-electron chi connectivity index (χ0n) is 9.82. The molecule has 2 amide bonds. The molecular formula is C11H16N2O3S. The molecule has 0 aliphatic heterocycles. The molecule has 94 valence electrons. The fourth-order valence-electron chi connectivity index (χ4n) is 1.44. The van der Waals surface area contributed by atoms with Gasteiger partial charge in [0.15, 0.2) is 0 Å². The Balaban J connectivity index is 2.56. The Morgan fingerprint density at radius 1 is 1.53 bits per heavy atom. The minimum absolute atomic E-state index is 0.0771. The van der Waals surface area contributed by atoms with Crippen LogP contribution >= 0.6 is 11.3 Å².